The Balaban J connectivity index is 1.17. The van der Waals surface area contributed by atoms with E-state index in [4.69, 9.17) is 0 Å². The number of rotatable bonds is 8. The van der Waals surface area contributed by atoms with Crippen molar-refractivity contribution in [3.05, 3.63) is 64.7 Å². The number of amides is 1. The number of carbonyl (C=O) groups excluding carboxylic acids is 1. The van der Waals surface area contributed by atoms with Crippen LogP contribution in [0.5, 0.6) is 5.75 Å². The van der Waals surface area contributed by atoms with Crippen molar-refractivity contribution < 1.29 is 19.4 Å². The molecule has 7 atom stereocenters. The number of nitriles is 1. The number of halogens is 1. The number of phenols is 1. The summed E-state index contributed by atoms with van der Waals surface area (Å²) in [6.45, 7) is 3.58. The Bertz CT molecular complexity index is 1330. The number of aromatic hydroxyl groups is 1. The predicted octanol–water partition coefficient (Wildman–Crippen LogP) is 7.55. The average molecular weight is 587 g/mol. The van der Waals surface area contributed by atoms with Gasteiger partial charge in [-0.3, -0.25) is 4.79 Å². The number of aliphatic hydroxyl groups excluding tert-OH is 1. The summed E-state index contributed by atoms with van der Waals surface area (Å²) in [4.78, 5) is 15.7. The van der Waals surface area contributed by atoms with Crippen LogP contribution in [0.15, 0.2) is 42.5 Å². The number of fused-ring (bicyclic) bond motifs is 5. The third kappa shape index (κ3) is 5.95. The SMILES string of the molecule is C[C@]12C[C@H](F)C3c4ccc(O)cc4C[C@@H](CCCCN(CC4CCCCC4)C(=O)c4ccc(C#N)cc4)C3C1CC[C@@H]2O. The zero-order chi connectivity index (χ0) is 30.1. The Labute approximate surface area is 256 Å². The second kappa shape index (κ2) is 12.6. The topological polar surface area (TPSA) is 84.6 Å². The summed E-state index contributed by atoms with van der Waals surface area (Å²) in [7, 11) is 0. The van der Waals surface area contributed by atoms with E-state index in [0.717, 1.165) is 56.2 Å². The highest BCUT2D eigenvalue weighted by atomic mass is 19.1. The van der Waals surface area contributed by atoms with E-state index in [2.05, 4.69) is 13.0 Å². The number of benzene rings is 2. The lowest BCUT2D eigenvalue weighted by molar-refractivity contribution is -0.0722. The molecular weight excluding hydrogens is 539 g/mol. The summed E-state index contributed by atoms with van der Waals surface area (Å²) in [6.07, 6.45) is 10.4. The van der Waals surface area contributed by atoms with Crippen LogP contribution in [-0.2, 0) is 6.42 Å². The highest BCUT2D eigenvalue weighted by molar-refractivity contribution is 5.94. The molecule has 0 heterocycles. The van der Waals surface area contributed by atoms with Gasteiger partial charge in [-0.1, -0.05) is 38.7 Å². The molecule has 2 aromatic carbocycles. The largest absolute Gasteiger partial charge is 0.508 e. The average Bonchev–Trinajstić information content (AvgIpc) is 3.31. The number of alkyl halides is 1. The van der Waals surface area contributed by atoms with E-state index in [0.29, 0.717) is 35.9 Å². The standard InChI is InChI=1S/C37H47FN2O3/c1-37-21-32(38)35-30-15-14-29(41)20-28(30)19-27(34(35)31(37)16-17-33(37)42)9-5-6-18-40(23-25-7-3-2-4-8-25)36(43)26-12-10-24(22-39)11-13-26/h10-15,20,25,27,31-35,41-42H,2-9,16-19,21,23H2,1H3/t27-,31?,32+,33+,34?,35?,37+/m1/s1. The van der Waals surface area contributed by atoms with E-state index in [9.17, 15) is 20.3 Å². The molecule has 0 spiro atoms. The first-order valence-electron chi connectivity index (χ1n) is 16.7. The number of aliphatic hydroxyl groups is 1. The van der Waals surface area contributed by atoms with Gasteiger partial charge < -0.3 is 15.1 Å². The first-order chi connectivity index (χ1) is 20.8. The predicted molar refractivity (Wildman–Crippen MR) is 165 cm³/mol. The summed E-state index contributed by atoms with van der Waals surface area (Å²) in [5, 5.41) is 30.4. The van der Waals surface area contributed by atoms with E-state index in [-0.39, 0.29) is 34.8 Å². The van der Waals surface area contributed by atoms with Crippen molar-refractivity contribution in [2.45, 2.75) is 102 Å². The fraction of sp³-hybridized carbons (Fsp3) is 0.622. The van der Waals surface area contributed by atoms with E-state index in [1.165, 1.54) is 32.1 Å². The molecule has 6 rings (SSSR count). The smallest absolute Gasteiger partial charge is 0.253 e. The van der Waals surface area contributed by atoms with Crippen LogP contribution < -0.4 is 0 Å². The maximum absolute atomic E-state index is 16.1. The molecule has 0 bridgehead atoms. The first kappa shape index (κ1) is 30.1. The van der Waals surface area contributed by atoms with E-state index in [1.54, 1.807) is 30.3 Å². The molecule has 3 unspecified atom stereocenters. The third-order valence-corrected chi connectivity index (χ3v) is 11.8. The quantitative estimate of drug-likeness (QED) is 0.313. The number of unbranched alkanes of at least 4 members (excludes halogenated alkanes) is 1. The molecule has 0 aliphatic heterocycles. The number of phenolic OH excluding ortho intramolecular Hbond substituents is 1. The molecule has 0 saturated heterocycles. The molecule has 230 valence electrons. The zero-order valence-electron chi connectivity index (χ0n) is 25.6. The fourth-order valence-corrected chi connectivity index (χ4v) is 9.57. The lowest BCUT2D eigenvalue weighted by atomic mass is 9.51. The van der Waals surface area contributed by atoms with E-state index >= 15 is 4.39 Å². The van der Waals surface area contributed by atoms with Crippen LogP contribution >= 0.6 is 0 Å². The summed E-state index contributed by atoms with van der Waals surface area (Å²) in [5.74, 6) is 1.40. The molecule has 0 aromatic heterocycles. The Hall–Kier alpha value is -2.91. The molecule has 2 aromatic rings. The minimum Gasteiger partial charge on any atom is -0.508 e. The van der Waals surface area contributed by atoms with Crippen LogP contribution in [0.1, 0.15) is 111 Å². The number of nitrogens with zero attached hydrogens (tertiary/aromatic N) is 2. The zero-order valence-corrected chi connectivity index (χ0v) is 25.6. The second-order valence-electron chi connectivity index (χ2n) is 14.3. The molecule has 5 nitrogen and oxygen atoms in total. The molecule has 4 aliphatic rings. The van der Waals surface area contributed by atoms with Crippen molar-refractivity contribution in [2.24, 2.45) is 29.1 Å². The number of hydrogen-bond donors (Lipinski definition) is 2. The summed E-state index contributed by atoms with van der Waals surface area (Å²) in [6, 6.07) is 14.6. The van der Waals surface area contributed by atoms with Crippen LogP contribution in [0, 0.1) is 40.4 Å². The molecule has 4 aliphatic carbocycles. The third-order valence-electron chi connectivity index (χ3n) is 11.8. The normalized spacial score (nSPS) is 31.9. The minimum absolute atomic E-state index is 0.0421. The molecule has 3 saturated carbocycles. The monoisotopic (exact) mass is 586 g/mol. The lowest BCUT2D eigenvalue weighted by Gasteiger charge is -2.54. The highest BCUT2D eigenvalue weighted by Crippen LogP contribution is 2.63. The van der Waals surface area contributed by atoms with Gasteiger partial charge in [0.15, 0.2) is 0 Å². The van der Waals surface area contributed by atoms with Gasteiger partial charge in [-0.15, -0.1) is 0 Å². The fourth-order valence-electron chi connectivity index (χ4n) is 9.57. The second-order valence-corrected chi connectivity index (χ2v) is 14.3. The summed E-state index contributed by atoms with van der Waals surface area (Å²) in [5.41, 5.74) is 2.95. The summed E-state index contributed by atoms with van der Waals surface area (Å²) < 4.78 is 16.1. The first-order valence-corrected chi connectivity index (χ1v) is 16.7. The van der Waals surface area contributed by atoms with Gasteiger partial charge in [0, 0.05) is 24.6 Å². The van der Waals surface area contributed by atoms with Gasteiger partial charge in [0.05, 0.1) is 17.7 Å². The number of hydrogen-bond acceptors (Lipinski definition) is 4. The van der Waals surface area contributed by atoms with Gasteiger partial charge in [0.25, 0.3) is 5.91 Å². The molecule has 1 amide bonds. The maximum Gasteiger partial charge on any atom is 0.253 e. The van der Waals surface area contributed by atoms with Crippen molar-refractivity contribution in [3.63, 3.8) is 0 Å². The lowest BCUT2D eigenvalue weighted by Crippen LogP contribution is -2.51. The van der Waals surface area contributed by atoms with Crippen molar-refractivity contribution in [1.82, 2.24) is 4.90 Å². The molecular formula is C37H47FN2O3. The Morgan fingerprint density at radius 2 is 1.84 bits per heavy atom. The number of carbonyl (C=O) groups is 1. The van der Waals surface area contributed by atoms with Gasteiger partial charge in [0.1, 0.15) is 11.9 Å². The van der Waals surface area contributed by atoms with E-state index < -0.39 is 12.3 Å². The van der Waals surface area contributed by atoms with Crippen molar-refractivity contribution in [1.29, 1.82) is 5.26 Å². The Kier molecular flexibility index (Phi) is 8.83. The van der Waals surface area contributed by atoms with Crippen molar-refractivity contribution in [3.8, 4) is 11.8 Å². The molecule has 0 radical (unpaired) electrons. The van der Waals surface area contributed by atoms with Crippen molar-refractivity contribution in [2.75, 3.05) is 13.1 Å². The van der Waals surface area contributed by atoms with Gasteiger partial charge in [-0.05, 0) is 128 Å². The van der Waals surface area contributed by atoms with Gasteiger partial charge in [-0.25, -0.2) is 4.39 Å². The van der Waals surface area contributed by atoms with Crippen LogP contribution in [0.2, 0.25) is 0 Å². The Morgan fingerprint density at radius 1 is 1.07 bits per heavy atom. The van der Waals surface area contributed by atoms with Gasteiger partial charge in [-0.2, -0.15) is 5.26 Å². The van der Waals surface area contributed by atoms with Crippen LogP contribution in [0.3, 0.4) is 0 Å². The minimum atomic E-state index is -0.999. The molecule has 3 fully saturated rings. The van der Waals surface area contributed by atoms with Gasteiger partial charge >= 0.3 is 0 Å². The summed E-state index contributed by atoms with van der Waals surface area (Å²) >= 11 is 0. The maximum atomic E-state index is 16.1. The van der Waals surface area contributed by atoms with Crippen molar-refractivity contribution >= 4 is 5.91 Å². The van der Waals surface area contributed by atoms with Gasteiger partial charge in [0.2, 0.25) is 0 Å². The molecule has 2 N–H and O–H groups in total. The highest BCUT2D eigenvalue weighted by Gasteiger charge is 2.59. The van der Waals surface area contributed by atoms with Crippen LogP contribution in [-0.4, -0.2) is 46.4 Å². The molecule has 43 heavy (non-hydrogen) atoms. The molecule has 6 heteroatoms. The Morgan fingerprint density at radius 3 is 2.58 bits per heavy atom. The van der Waals surface area contributed by atoms with E-state index in [1.807, 2.05) is 17.0 Å². The van der Waals surface area contributed by atoms with Crippen LogP contribution in [0.4, 0.5) is 4.39 Å². The van der Waals surface area contributed by atoms with Crippen LogP contribution in [0.25, 0.3) is 0 Å².